The number of nitrogens with one attached hydrogen (secondary N) is 1. The first-order chi connectivity index (χ1) is 15.6. The second kappa shape index (κ2) is 8.86. The van der Waals surface area contributed by atoms with Gasteiger partial charge in [0.2, 0.25) is 15.2 Å². The first-order valence-electron chi connectivity index (χ1n) is 10.1. The Bertz CT molecular complexity index is 1440. The van der Waals surface area contributed by atoms with Gasteiger partial charge in [-0.15, -0.1) is 0 Å². The van der Waals surface area contributed by atoms with Crippen molar-refractivity contribution in [3.05, 3.63) is 64.8 Å². The van der Waals surface area contributed by atoms with E-state index in [0.717, 1.165) is 4.70 Å². The van der Waals surface area contributed by atoms with Crippen molar-refractivity contribution in [2.75, 3.05) is 12.4 Å². The van der Waals surface area contributed by atoms with Crippen molar-refractivity contribution in [2.24, 2.45) is 0 Å². The lowest BCUT2D eigenvalue weighted by atomic mass is 10.2. The largest absolute Gasteiger partial charge is 0.306 e. The van der Waals surface area contributed by atoms with Gasteiger partial charge >= 0.3 is 0 Å². The van der Waals surface area contributed by atoms with Gasteiger partial charge in [0, 0.05) is 24.7 Å². The maximum Gasteiger partial charge on any atom is 0.256 e. The van der Waals surface area contributed by atoms with Crippen LogP contribution in [0.4, 0.5) is 5.82 Å². The van der Waals surface area contributed by atoms with Crippen molar-refractivity contribution in [1.82, 2.24) is 19.1 Å². The lowest BCUT2D eigenvalue weighted by Gasteiger charge is -2.21. The van der Waals surface area contributed by atoms with Crippen LogP contribution in [-0.2, 0) is 10.0 Å². The maximum atomic E-state index is 12.9. The molecule has 0 saturated heterocycles. The summed E-state index contributed by atoms with van der Waals surface area (Å²) in [5, 5.41) is 8.41. The third-order valence-electron chi connectivity index (χ3n) is 5.13. The maximum absolute atomic E-state index is 12.9. The highest BCUT2D eigenvalue weighted by Crippen LogP contribution is 2.31. The highest BCUT2D eigenvalue weighted by molar-refractivity contribution is 7.89. The van der Waals surface area contributed by atoms with E-state index in [1.54, 1.807) is 30.7 Å². The summed E-state index contributed by atoms with van der Waals surface area (Å²) in [6, 6.07) is 12.9. The third kappa shape index (κ3) is 4.51. The van der Waals surface area contributed by atoms with Gasteiger partial charge in [-0.25, -0.2) is 13.4 Å². The standard InChI is InChI=1S/C22H22ClN5O3S2/c1-13(2)27(4)33(30,31)16-10-8-15(9-11-16)21(29)24-19-12-14(3)26-28(19)22-25-20-17(23)6-5-7-18(20)32-22/h5-13H,1-4H3,(H,24,29). The van der Waals surface area contributed by atoms with E-state index in [1.165, 1.54) is 47.0 Å². The van der Waals surface area contributed by atoms with Crippen LogP contribution in [0.5, 0.6) is 0 Å². The number of hydrogen-bond acceptors (Lipinski definition) is 6. The normalized spacial score (nSPS) is 12.1. The van der Waals surface area contributed by atoms with Crippen molar-refractivity contribution in [2.45, 2.75) is 31.7 Å². The molecule has 33 heavy (non-hydrogen) atoms. The molecule has 0 aliphatic carbocycles. The Morgan fingerprint density at radius 2 is 1.88 bits per heavy atom. The van der Waals surface area contributed by atoms with Gasteiger partial charge < -0.3 is 5.32 Å². The fraction of sp³-hybridized carbons (Fsp3) is 0.227. The molecule has 0 aliphatic heterocycles. The van der Waals surface area contributed by atoms with Crippen molar-refractivity contribution < 1.29 is 13.2 Å². The molecule has 172 valence electrons. The van der Waals surface area contributed by atoms with Crippen LogP contribution in [0.15, 0.2) is 53.4 Å². The molecule has 0 spiro atoms. The molecule has 2 aromatic carbocycles. The minimum atomic E-state index is -3.63. The fourth-order valence-electron chi connectivity index (χ4n) is 3.14. The van der Waals surface area contributed by atoms with Crippen LogP contribution in [0.25, 0.3) is 15.3 Å². The molecule has 0 radical (unpaired) electrons. The second-order valence-corrected chi connectivity index (χ2v) is 11.2. The zero-order chi connectivity index (χ0) is 23.9. The Morgan fingerprint density at radius 3 is 2.52 bits per heavy atom. The SMILES string of the molecule is Cc1cc(NC(=O)c2ccc(S(=O)(=O)N(C)C(C)C)cc2)n(-c2nc3c(Cl)cccc3s2)n1. The predicted octanol–water partition coefficient (Wildman–Crippen LogP) is 4.73. The van der Waals surface area contributed by atoms with E-state index in [2.05, 4.69) is 15.4 Å². The summed E-state index contributed by atoms with van der Waals surface area (Å²) in [7, 11) is -2.10. The summed E-state index contributed by atoms with van der Waals surface area (Å²) in [6.07, 6.45) is 0. The van der Waals surface area contributed by atoms with Crippen molar-refractivity contribution in [3.8, 4) is 5.13 Å². The van der Waals surface area contributed by atoms with Crippen LogP contribution in [0, 0.1) is 6.92 Å². The van der Waals surface area contributed by atoms with Gasteiger partial charge in [0.15, 0.2) is 0 Å². The molecule has 8 nitrogen and oxygen atoms in total. The summed E-state index contributed by atoms with van der Waals surface area (Å²) in [4.78, 5) is 17.6. The van der Waals surface area contributed by atoms with Crippen LogP contribution in [-0.4, -0.2) is 46.5 Å². The zero-order valence-corrected chi connectivity index (χ0v) is 20.8. The minimum absolute atomic E-state index is 0.127. The molecule has 0 fully saturated rings. The number of aromatic nitrogens is 3. The number of rotatable bonds is 6. The molecule has 1 N–H and O–H groups in total. The third-order valence-corrected chi connectivity index (χ3v) is 8.48. The van der Waals surface area contributed by atoms with Gasteiger partial charge in [-0.3, -0.25) is 4.79 Å². The Kier molecular flexibility index (Phi) is 6.28. The molecule has 0 saturated carbocycles. The summed E-state index contributed by atoms with van der Waals surface area (Å²) < 4.78 is 29.0. The van der Waals surface area contributed by atoms with Gasteiger partial charge in [0.05, 0.1) is 20.3 Å². The lowest BCUT2D eigenvalue weighted by Crippen LogP contribution is -2.33. The van der Waals surface area contributed by atoms with Crippen LogP contribution in [0.1, 0.15) is 29.9 Å². The molecule has 0 aliphatic rings. The zero-order valence-electron chi connectivity index (χ0n) is 18.4. The fourth-order valence-corrected chi connectivity index (χ4v) is 5.74. The molecule has 11 heteroatoms. The number of hydrogen-bond donors (Lipinski definition) is 1. The van der Waals surface area contributed by atoms with Gasteiger partial charge in [0.25, 0.3) is 5.91 Å². The van der Waals surface area contributed by atoms with Crippen LogP contribution in [0.2, 0.25) is 5.02 Å². The van der Waals surface area contributed by atoms with E-state index in [4.69, 9.17) is 11.6 Å². The highest BCUT2D eigenvalue weighted by Gasteiger charge is 2.23. The van der Waals surface area contributed by atoms with Gasteiger partial charge in [-0.1, -0.05) is 29.0 Å². The van der Waals surface area contributed by atoms with E-state index in [9.17, 15) is 13.2 Å². The van der Waals surface area contributed by atoms with Crippen LogP contribution < -0.4 is 5.32 Å². The summed E-state index contributed by atoms with van der Waals surface area (Å²) >= 11 is 7.65. The quantitative estimate of drug-likeness (QED) is 0.410. The molecule has 2 aromatic heterocycles. The smallest absolute Gasteiger partial charge is 0.256 e. The number of carbonyl (C=O) groups excluding carboxylic acids is 1. The average Bonchev–Trinajstić information content (AvgIpc) is 3.37. The molecular weight excluding hydrogens is 482 g/mol. The minimum Gasteiger partial charge on any atom is -0.306 e. The Balaban J connectivity index is 1.60. The lowest BCUT2D eigenvalue weighted by molar-refractivity contribution is 0.102. The van der Waals surface area contributed by atoms with Crippen LogP contribution in [0.3, 0.4) is 0 Å². The van der Waals surface area contributed by atoms with Gasteiger partial charge in [0.1, 0.15) is 11.3 Å². The van der Waals surface area contributed by atoms with Crippen LogP contribution >= 0.6 is 22.9 Å². The number of halogens is 1. The average molecular weight is 504 g/mol. The number of aryl methyl sites for hydroxylation is 1. The number of thiazole rings is 1. The Morgan fingerprint density at radius 1 is 1.18 bits per heavy atom. The van der Waals surface area contributed by atoms with Crippen molar-refractivity contribution in [1.29, 1.82) is 0 Å². The number of anilines is 1. The molecule has 4 rings (SSSR count). The number of carbonyl (C=O) groups is 1. The van der Waals surface area contributed by atoms with E-state index in [1.807, 2.05) is 19.1 Å². The number of sulfonamides is 1. The van der Waals surface area contributed by atoms with E-state index in [-0.39, 0.29) is 10.9 Å². The van der Waals surface area contributed by atoms with E-state index >= 15 is 0 Å². The monoisotopic (exact) mass is 503 g/mol. The molecule has 2 heterocycles. The Hall–Kier alpha value is -2.79. The summed E-state index contributed by atoms with van der Waals surface area (Å²) in [6.45, 7) is 5.41. The molecule has 0 atom stereocenters. The summed E-state index contributed by atoms with van der Waals surface area (Å²) in [5.74, 6) is 0.0559. The first kappa shape index (κ1) is 23.4. The van der Waals surface area contributed by atoms with E-state index in [0.29, 0.717) is 32.7 Å². The number of nitrogens with zero attached hydrogens (tertiary/aromatic N) is 4. The Labute approximate surface area is 200 Å². The van der Waals surface area contributed by atoms with Crippen molar-refractivity contribution >= 4 is 54.9 Å². The molecule has 0 bridgehead atoms. The molecule has 4 aromatic rings. The molecule has 1 amide bonds. The number of para-hydroxylation sites is 1. The van der Waals surface area contributed by atoms with Crippen molar-refractivity contribution in [3.63, 3.8) is 0 Å². The summed E-state index contributed by atoms with van der Waals surface area (Å²) in [5.41, 5.74) is 1.69. The number of fused-ring (bicyclic) bond motifs is 1. The van der Waals surface area contributed by atoms with E-state index < -0.39 is 15.9 Å². The second-order valence-electron chi connectivity index (χ2n) is 7.76. The van der Waals surface area contributed by atoms with Gasteiger partial charge in [-0.2, -0.15) is 14.1 Å². The topological polar surface area (TPSA) is 97.2 Å². The molecular formula is C22H22ClN5O3S2. The molecule has 0 unspecified atom stereocenters. The number of amides is 1. The predicted molar refractivity (Wildman–Crippen MR) is 131 cm³/mol. The number of benzene rings is 2. The van der Waals surface area contributed by atoms with Gasteiger partial charge in [-0.05, 0) is 57.2 Å². The first-order valence-corrected chi connectivity index (χ1v) is 12.7. The highest BCUT2D eigenvalue weighted by atomic mass is 35.5.